The molecule has 0 radical (unpaired) electrons. The zero-order valence-electron chi connectivity index (χ0n) is 19.0. The fourth-order valence-electron chi connectivity index (χ4n) is 3.94. The van der Waals surface area contributed by atoms with Gasteiger partial charge in [-0.2, -0.15) is 0 Å². The third-order valence-electron chi connectivity index (χ3n) is 5.72. The summed E-state index contributed by atoms with van der Waals surface area (Å²) in [5, 5.41) is 17.0. The lowest BCUT2D eigenvalue weighted by Gasteiger charge is -2.14. The third-order valence-corrected chi connectivity index (χ3v) is 5.95. The van der Waals surface area contributed by atoms with E-state index in [2.05, 4.69) is 25.6 Å². The second kappa shape index (κ2) is 10.1. The highest BCUT2D eigenvalue weighted by atomic mass is 35.5. The third kappa shape index (κ3) is 4.86. The van der Waals surface area contributed by atoms with E-state index < -0.39 is 6.10 Å². The van der Waals surface area contributed by atoms with Crippen molar-refractivity contribution < 1.29 is 9.90 Å². The van der Waals surface area contributed by atoms with Crippen LogP contribution in [0.5, 0.6) is 0 Å². The molecule has 5 rings (SSSR count). The van der Waals surface area contributed by atoms with Crippen molar-refractivity contribution in [2.24, 2.45) is 0 Å². The molecule has 1 unspecified atom stereocenters. The van der Waals surface area contributed by atoms with Crippen molar-refractivity contribution in [3.05, 3.63) is 112 Å². The van der Waals surface area contributed by atoms with Crippen molar-refractivity contribution in [2.75, 3.05) is 17.2 Å². The van der Waals surface area contributed by atoms with Crippen LogP contribution < -0.4 is 16.2 Å². The van der Waals surface area contributed by atoms with Gasteiger partial charge in [0, 0.05) is 23.3 Å². The number of aliphatic hydroxyl groups is 1. The summed E-state index contributed by atoms with van der Waals surface area (Å²) in [4.78, 5) is 36.1. The topological polar surface area (TPSA) is 123 Å². The first-order valence-electron chi connectivity index (χ1n) is 11.2. The second-order valence-electron chi connectivity index (χ2n) is 8.15. The SMILES string of the molecule is O=C(Nc1cccc2[nH]c(-c3c(NCC(O)c4ccccc4)cc[nH]c3=O)nc12)c1cccc(Cl)c1. The number of hydrogen-bond acceptors (Lipinski definition) is 5. The Kier molecular flexibility index (Phi) is 6.53. The molecule has 0 fully saturated rings. The molecule has 2 aromatic heterocycles. The van der Waals surface area contributed by atoms with Crippen LogP contribution in [0.3, 0.4) is 0 Å². The molecule has 0 bridgehead atoms. The highest BCUT2D eigenvalue weighted by molar-refractivity contribution is 6.31. The summed E-state index contributed by atoms with van der Waals surface area (Å²) in [6.07, 6.45) is 0.768. The standard InChI is InChI=1S/C27H22ClN5O3/c28-18-9-4-8-17(14-18)26(35)32-21-11-5-10-20-24(21)33-25(31-20)23-19(12-13-29-27(23)36)30-15-22(34)16-6-2-1-3-7-16/h1-14,22,34H,15H2,(H,31,33)(H,32,35)(H2,29,30,36). The number of fused-ring (bicyclic) bond motifs is 1. The van der Waals surface area contributed by atoms with Gasteiger partial charge in [0.05, 0.1) is 23.0 Å². The fourth-order valence-corrected chi connectivity index (χ4v) is 4.13. The van der Waals surface area contributed by atoms with Crippen molar-refractivity contribution in [3.8, 4) is 11.4 Å². The Bertz CT molecular complexity index is 1600. The first kappa shape index (κ1) is 23.3. The van der Waals surface area contributed by atoms with Gasteiger partial charge in [0.15, 0.2) is 0 Å². The Morgan fingerprint density at radius 2 is 1.81 bits per heavy atom. The number of nitrogens with zero attached hydrogens (tertiary/aromatic N) is 1. The van der Waals surface area contributed by atoms with Crippen LogP contribution in [0.15, 0.2) is 89.9 Å². The Morgan fingerprint density at radius 3 is 2.61 bits per heavy atom. The number of pyridine rings is 1. The number of imidazole rings is 1. The van der Waals surface area contributed by atoms with Gasteiger partial charge in [-0.15, -0.1) is 0 Å². The van der Waals surface area contributed by atoms with E-state index in [1.807, 2.05) is 36.4 Å². The first-order valence-corrected chi connectivity index (χ1v) is 11.6. The number of carbonyl (C=O) groups is 1. The number of benzene rings is 3. The quantitative estimate of drug-likeness (QED) is 0.216. The molecule has 8 nitrogen and oxygen atoms in total. The number of para-hydroxylation sites is 1. The van der Waals surface area contributed by atoms with Gasteiger partial charge in [-0.05, 0) is 42.0 Å². The normalized spacial score (nSPS) is 11.8. The molecular weight excluding hydrogens is 478 g/mol. The van der Waals surface area contributed by atoms with E-state index in [1.54, 1.807) is 42.5 Å². The maximum absolute atomic E-state index is 12.8. The molecule has 0 aliphatic heterocycles. The fraction of sp³-hybridized carbons (Fsp3) is 0.0741. The molecule has 2 heterocycles. The van der Waals surface area contributed by atoms with Crippen LogP contribution in [0.1, 0.15) is 22.0 Å². The van der Waals surface area contributed by atoms with Crippen LogP contribution in [-0.2, 0) is 0 Å². The minimum absolute atomic E-state index is 0.196. The number of rotatable bonds is 7. The van der Waals surface area contributed by atoms with Gasteiger partial charge >= 0.3 is 0 Å². The minimum Gasteiger partial charge on any atom is -0.387 e. The molecular formula is C27H22ClN5O3. The number of hydrogen-bond donors (Lipinski definition) is 5. The molecule has 0 aliphatic rings. The van der Waals surface area contributed by atoms with E-state index in [9.17, 15) is 14.7 Å². The molecule has 0 spiro atoms. The zero-order chi connectivity index (χ0) is 25.1. The van der Waals surface area contributed by atoms with Gasteiger partial charge in [0.25, 0.3) is 11.5 Å². The number of aliphatic hydroxyl groups excluding tert-OH is 1. The molecule has 180 valence electrons. The zero-order valence-corrected chi connectivity index (χ0v) is 19.7. The molecule has 0 saturated carbocycles. The highest BCUT2D eigenvalue weighted by Gasteiger charge is 2.18. The number of aromatic nitrogens is 3. The van der Waals surface area contributed by atoms with Crippen molar-refractivity contribution in [3.63, 3.8) is 0 Å². The van der Waals surface area contributed by atoms with Crippen molar-refractivity contribution in [1.82, 2.24) is 15.0 Å². The summed E-state index contributed by atoms with van der Waals surface area (Å²) in [7, 11) is 0. The Hall–Kier alpha value is -4.40. The maximum atomic E-state index is 12.8. The molecule has 0 saturated heterocycles. The number of nitrogens with one attached hydrogen (secondary N) is 4. The summed E-state index contributed by atoms with van der Waals surface area (Å²) in [6.45, 7) is 0.196. The minimum atomic E-state index is -0.762. The van der Waals surface area contributed by atoms with E-state index in [0.717, 1.165) is 5.56 Å². The molecule has 5 N–H and O–H groups in total. The average molecular weight is 500 g/mol. The van der Waals surface area contributed by atoms with Gasteiger partial charge in [0.2, 0.25) is 0 Å². The Morgan fingerprint density at radius 1 is 1.00 bits per heavy atom. The van der Waals surface area contributed by atoms with E-state index in [1.165, 1.54) is 6.20 Å². The Balaban J connectivity index is 1.45. The number of carbonyl (C=O) groups excluding carboxylic acids is 1. The van der Waals surface area contributed by atoms with E-state index >= 15 is 0 Å². The van der Waals surface area contributed by atoms with Gasteiger partial charge < -0.3 is 25.7 Å². The molecule has 0 aliphatic carbocycles. The lowest BCUT2D eigenvalue weighted by Crippen LogP contribution is -2.17. The smallest absolute Gasteiger partial charge is 0.261 e. The predicted octanol–water partition coefficient (Wildman–Crippen LogP) is 4.97. The van der Waals surface area contributed by atoms with Gasteiger partial charge in [0.1, 0.15) is 16.9 Å². The summed E-state index contributed by atoms with van der Waals surface area (Å²) in [6, 6.07) is 23.0. The monoisotopic (exact) mass is 499 g/mol. The maximum Gasteiger partial charge on any atom is 0.261 e. The van der Waals surface area contributed by atoms with Crippen LogP contribution >= 0.6 is 11.6 Å². The summed E-state index contributed by atoms with van der Waals surface area (Å²) in [5.74, 6) is -0.00244. The van der Waals surface area contributed by atoms with Gasteiger partial charge in [-0.25, -0.2) is 4.98 Å². The van der Waals surface area contributed by atoms with Crippen LogP contribution in [0, 0.1) is 0 Å². The van der Waals surface area contributed by atoms with Gasteiger partial charge in [-0.1, -0.05) is 54.1 Å². The van der Waals surface area contributed by atoms with Crippen LogP contribution in [0.2, 0.25) is 5.02 Å². The number of aromatic amines is 2. The van der Waals surface area contributed by atoms with E-state index in [0.29, 0.717) is 44.4 Å². The molecule has 36 heavy (non-hydrogen) atoms. The predicted molar refractivity (Wildman–Crippen MR) is 141 cm³/mol. The van der Waals surface area contributed by atoms with E-state index in [4.69, 9.17) is 11.6 Å². The lowest BCUT2D eigenvalue weighted by molar-refractivity contribution is 0.102. The van der Waals surface area contributed by atoms with Crippen molar-refractivity contribution >= 4 is 39.9 Å². The van der Waals surface area contributed by atoms with Crippen molar-refractivity contribution in [2.45, 2.75) is 6.10 Å². The van der Waals surface area contributed by atoms with Gasteiger partial charge in [-0.3, -0.25) is 9.59 Å². The second-order valence-corrected chi connectivity index (χ2v) is 8.59. The molecule has 1 amide bonds. The van der Waals surface area contributed by atoms with Crippen LogP contribution in [0.25, 0.3) is 22.4 Å². The molecule has 9 heteroatoms. The van der Waals surface area contributed by atoms with E-state index in [-0.39, 0.29) is 18.0 Å². The number of amides is 1. The number of anilines is 2. The summed E-state index contributed by atoms with van der Waals surface area (Å²) < 4.78 is 0. The average Bonchev–Trinajstić information content (AvgIpc) is 3.32. The van der Waals surface area contributed by atoms with Crippen LogP contribution in [0.4, 0.5) is 11.4 Å². The first-order chi connectivity index (χ1) is 17.5. The number of H-pyrrole nitrogens is 2. The molecule has 1 atom stereocenters. The van der Waals surface area contributed by atoms with Crippen molar-refractivity contribution in [1.29, 1.82) is 0 Å². The molecule has 3 aromatic carbocycles. The largest absolute Gasteiger partial charge is 0.387 e. The Labute approximate surface area is 211 Å². The molecule has 5 aromatic rings. The highest BCUT2D eigenvalue weighted by Crippen LogP contribution is 2.28. The summed E-state index contributed by atoms with van der Waals surface area (Å²) in [5.41, 5.74) is 3.27. The van der Waals surface area contributed by atoms with Crippen LogP contribution in [-0.4, -0.2) is 32.5 Å². The number of halogens is 1. The summed E-state index contributed by atoms with van der Waals surface area (Å²) >= 11 is 6.02. The lowest BCUT2D eigenvalue weighted by atomic mass is 10.1.